The van der Waals surface area contributed by atoms with E-state index in [4.69, 9.17) is 9.72 Å². The van der Waals surface area contributed by atoms with Crippen LogP contribution < -0.4 is 10.6 Å². The van der Waals surface area contributed by atoms with Crippen LogP contribution in [0.5, 0.6) is 0 Å². The molecule has 2 heterocycles. The summed E-state index contributed by atoms with van der Waals surface area (Å²) in [6.45, 7) is 8.70. The molecule has 1 saturated heterocycles. The van der Waals surface area contributed by atoms with Crippen LogP contribution in [0, 0.1) is 6.92 Å². The Labute approximate surface area is 212 Å². The molecule has 4 rings (SSSR count). The summed E-state index contributed by atoms with van der Waals surface area (Å²) in [5.41, 5.74) is 3.26. The number of nitrogens with one attached hydrogen (secondary N) is 2. The molecule has 1 aromatic heterocycles. The molecule has 8 heteroatoms. The van der Waals surface area contributed by atoms with Crippen LogP contribution in [0.4, 0.5) is 10.7 Å². The van der Waals surface area contributed by atoms with Crippen LogP contribution in [0.3, 0.4) is 0 Å². The molecular formula is C28H35N5O3. The molecule has 0 aliphatic carbocycles. The molecule has 0 bridgehead atoms. The van der Waals surface area contributed by atoms with E-state index in [1.807, 2.05) is 93.1 Å². The van der Waals surface area contributed by atoms with E-state index in [1.54, 1.807) is 0 Å². The van der Waals surface area contributed by atoms with Gasteiger partial charge in [-0.15, -0.1) is 0 Å². The lowest BCUT2D eigenvalue weighted by atomic mass is 10.1. The minimum Gasteiger partial charge on any atom is -0.376 e. The van der Waals surface area contributed by atoms with Crippen LogP contribution in [0.2, 0.25) is 0 Å². The van der Waals surface area contributed by atoms with Gasteiger partial charge in [-0.25, -0.2) is 9.78 Å². The Morgan fingerprint density at radius 3 is 2.58 bits per heavy atom. The Morgan fingerprint density at radius 2 is 1.92 bits per heavy atom. The second-order valence-corrected chi connectivity index (χ2v) is 10.3. The number of amides is 3. The zero-order chi connectivity index (χ0) is 25.7. The number of benzene rings is 2. The van der Waals surface area contributed by atoms with Gasteiger partial charge in [0.1, 0.15) is 6.54 Å². The lowest BCUT2D eigenvalue weighted by Crippen LogP contribution is -2.52. The molecule has 0 spiro atoms. The van der Waals surface area contributed by atoms with E-state index in [-0.39, 0.29) is 24.6 Å². The van der Waals surface area contributed by atoms with E-state index in [1.165, 1.54) is 4.90 Å². The third kappa shape index (κ3) is 6.73. The van der Waals surface area contributed by atoms with Gasteiger partial charge in [0.05, 0.1) is 11.8 Å². The molecule has 1 aliphatic heterocycles. The first kappa shape index (κ1) is 25.4. The van der Waals surface area contributed by atoms with Crippen molar-refractivity contribution in [2.45, 2.75) is 52.2 Å². The Balaban J connectivity index is 1.58. The van der Waals surface area contributed by atoms with Crippen molar-refractivity contribution in [3.63, 3.8) is 0 Å². The fraction of sp³-hybridized carbons (Fsp3) is 0.393. The molecule has 36 heavy (non-hydrogen) atoms. The van der Waals surface area contributed by atoms with Crippen molar-refractivity contribution >= 4 is 17.9 Å². The monoisotopic (exact) mass is 489 g/mol. The van der Waals surface area contributed by atoms with Crippen molar-refractivity contribution in [1.29, 1.82) is 0 Å². The van der Waals surface area contributed by atoms with Gasteiger partial charge >= 0.3 is 6.03 Å². The molecule has 2 aromatic carbocycles. The van der Waals surface area contributed by atoms with Crippen molar-refractivity contribution in [2.75, 3.05) is 25.0 Å². The summed E-state index contributed by atoms with van der Waals surface area (Å²) < 4.78 is 7.60. The number of hydrogen-bond acceptors (Lipinski definition) is 4. The summed E-state index contributed by atoms with van der Waals surface area (Å²) in [5.74, 6) is 0.0777. The van der Waals surface area contributed by atoms with Gasteiger partial charge in [0, 0.05) is 36.1 Å². The summed E-state index contributed by atoms with van der Waals surface area (Å²) in [6.07, 6.45) is 3.68. The number of urea groups is 1. The molecule has 1 aliphatic rings. The predicted octanol–water partition coefficient (Wildman–Crippen LogP) is 4.78. The van der Waals surface area contributed by atoms with Crippen LogP contribution in [0.25, 0.3) is 16.9 Å². The number of carbonyl (C=O) groups is 2. The molecule has 0 saturated carbocycles. The number of carbonyl (C=O) groups excluding carboxylic acids is 2. The third-order valence-corrected chi connectivity index (χ3v) is 5.86. The molecule has 1 fully saturated rings. The van der Waals surface area contributed by atoms with Crippen molar-refractivity contribution < 1.29 is 14.3 Å². The van der Waals surface area contributed by atoms with Crippen molar-refractivity contribution in [2.24, 2.45) is 0 Å². The van der Waals surface area contributed by atoms with Crippen LogP contribution in [-0.4, -0.2) is 57.7 Å². The third-order valence-electron chi connectivity index (χ3n) is 5.86. The quantitative estimate of drug-likeness (QED) is 0.500. The van der Waals surface area contributed by atoms with Crippen molar-refractivity contribution in [1.82, 2.24) is 19.8 Å². The summed E-state index contributed by atoms with van der Waals surface area (Å²) in [5, 5.41) is 5.90. The van der Waals surface area contributed by atoms with Gasteiger partial charge in [-0.05, 0) is 58.2 Å². The number of aromatic nitrogens is 2. The average molecular weight is 490 g/mol. The lowest BCUT2D eigenvalue weighted by molar-refractivity contribution is -0.117. The maximum atomic E-state index is 13.2. The van der Waals surface area contributed by atoms with Gasteiger partial charge in [-0.1, -0.05) is 42.5 Å². The van der Waals surface area contributed by atoms with Gasteiger partial charge in [-0.3, -0.25) is 14.7 Å². The molecule has 8 nitrogen and oxygen atoms in total. The zero-order valence-electron chi connectivity index (χ0n) is 21.5. The number of imidazole rings is 1. The van der Waals surface area contributed by atoms with Gasteiger partial charge in [-0.2, -0.15) is 0 Å². The average Bonchev–Trinajstić information content (AvgIpc) is 3.48. The van der Waals surface area contributed by atoms with Gasteiger partial charge < -0.3 is 15.0 Å². The largest absolute Gasteiger partial charge is 0.376 e. The van der Waals surface area contributed by atoms with Crippen LogP contribution in [-0.2, 0) is 9.53 Å². The second-order valence-electron chi connectivity index (χ2n) is 10.3. The molecule has 190 valence electrons. The first-order valence-electron chi connectivity index (χ1n) is 12.4. The first-order chi connectivity index (χ1) is 17.2. The summed E-state index contributed by atoms with van der Waals surface area (Å²) in [7, 11) is 0. The second kappa shape index (κ2) is 11.0. The van der Waals surface area contributed by atoms with E-state index in [0.717, 1.165) is 35.3 Å². The van der Waals surface area contributed by atoms with Gasteiger partial charge in [0.25, 0.3) is 0 Å². The van der Waals surface area contributed by atoms with E-state index in [0.29, 0.717) is 19.1 Å². The number of hydrogen-bond donors (Lipinski definition) is 2. The zero-order valence-corrected chi connectivity index (χ0v) is 21.5. The number of ether oxygens (including phenoxy) is 1. The SMILES string of the molecule is Cc1cccc(-n2cc(-c3ccccc3)nc2NC(=O)CN(C[C@@H]2CCCO2)C(=O)NC(C)(C)C)c1. The molecule has 3 aromatic rings. The Bertz CT molecular complexity index is 1190. The minimum atomic E-state index is -0.422. The predicted molar refractivity (Wildman–Crippen MR) is 141 cm³/mol. The fourth-order valence-electron chi connectivity index (χ4n) is 4.18. The highest BCUT2D eigenvalue weighted by Gasteiger charge is 2.27. The van der Waals surface area contributed by atoms with E-state index in [9.17, 15) is 9.59 Å². The highest BCUT2D eigenvalue weighted by Crippen LogP contribution is 2.25. The van der Waals surface area contributed by atoms with Crippen LogP contribution in [0.15, 0.2) is 60.8 Å². The Kier molecular flexibility index (Phi) is 7.74. The summed E-state index contributed by atoms with van der Waals surface area (Å²) in [6, 6.07) is 17.5. The van der Waals surface area contributed by atoms with E-state index in [2.05, 4.69) is 10.6 Å². The maximum Gasteiger partial charge on any atom is 0.318 e. The van der Waals surface area contributed by atoms with Gasteiger partial charge in [0.15, 0.2) is 0 Å². The maximum absolute atomic E-state index is 13.2. The van der Waals surface area contributed by atoms with Crippen molar-refractivity contribution in [3.8, 4) is 16.9 Å². The molecule has 0 unspecified atom stereocenters. The molecule has 3 amide bonds. The van der Waals surface area contributed by atoms with E-state index < -0.39 is 5.54 Å². The van der Waals surface area contributed by atoms with E-state index >= 15 is 0 Å². The molecule has 1 atom stereocenters. The number of aryl methyl sites for hydroxylation is 1. The Hall–Kier alpha value is -3.65. The topological polar surface area (TPSA) is 88.5 Å². The van der Waals surface area contributed by atoms with Crippen molar-refractivity contribution in [3.05, 3.63) is 66.4 Å². The molecule has 0 radical (unpaired) electrons. The van der Waals surface area contributed by atoms with Gasteiger partial charge in [0.2, 0.25) is 11.9 Å². The first-order valence-corrected chi connectivity index (χ1v) is 12.4. The lowest BCUT2D eigenvalue weighted by Gasteiger charge is -2.29. The molecular weight excluding hydrogens is 454 g/mol. The van der Waals surface area contributed by atoms with Crippen LogP contribution >= 0.6 is 0 Å². The number of rotatable bonds is 7. The molecule has 2 N–H and O–H groups in total. The number of anilines is 1. The normalized spacial score (nSPS) is 15.5. The summed E-state index contributed by atoms with van der Waals surface area (Å²) >= 11 is 0. The number of nitrogens with zero attached hydrogens (tertiary/aromatic N) is 3. The Morgan fingerprint density at radius 1 is 1.14 bits per heavy atom. The minimum absolute atomic E-state index is 0.0671. The smallest absolute Gasteiger partial charge is 0.318 e. The van der Waals surface area contributed by atoms with Crippen LogP contribution in [0.1, 0.15) is 39.2 Å². The fourth-order valence-corrected chi connectivity index (χ4v) is 4.18. The standard InChI is InChI=1S/C28H35N5O3/c1-20-10-8-13-22(16-20)33-18-24(21-11-6-5-7-12-21)29-26(33)30-25(34)19-32(17-23-14-9-15-36-23)27(35)31-28(2,3)4/h5-8,10-13,16,18,23H,9,14-15,17,19H2,1-4H3,(H,31,35)(H,29,30,34)/t23-/m0/s1. The highest BCUT2D eigenvalue weighted by atomic mass is 16.5. The highest BCUT2D eigenvalue weighted by molar-refractivity contribution is 5.93. The summed E-state index contributed by atoms with van der Waals surface area (Å²) in [4.78, 5) is 32.5.